The molecule has 164 valence electrons. The summed E-state index contributed by atoms with van der Waals surface area (Å²) in [4.78, 5) is 25.0. The van der Waals surface area contributed by atoms with Gasteiger partial charge in [0.1, 0.15) is 11.9 Å². The van der Waals surface area contributed by atoms with Crippen LogP contribution in [0.4, 0.5) is 15.8 Å². The first-order valence-corrected chi connectivity index (χ1v) is 11.6. The maximum Gasteiger partial charge on any atom is 0.251 e. The smallest absolute Gasteiger partial charge is 0.251 e. The van der Waals surface area contributed by atoms with Crippen LogP contribution in [0.3, 0.4) is 0 Å². The van der Waals surface area contributed by atoms with Gasteiger partial charge in [0, 0.05) is 28.6 Å². The number of hydrogen-bond donors (Lipinski definition) is 3. The summed E-state index contributed by atoms with van der Waals surface area (Å²) in [6, 6.07) is 18.4. The Bertz CT molecular complexity index is 1120. The molecule has 1 unspecified atom stereocenters. The summed E-state index contributed by atoms with van der Waals surface area (Å²) in [6.07, 6.45) is 0. The highest BCUT2D eigenvalue weighted by Crippen LogP contribution is 2.29. The van der Waals surface area contributed by atoms with Gasteiger partial charge in [0.2, 0.25) is 5.91 Å². The summed E-state index contributed by atoms with van der Waals surface area (Å²) in [5.74, 6) is 0.607. The molecule has 4 rings (SSSR count). The van der Waals surface area contributed by atoms with E-state index in [2.05, 4.69) is 16.0 Å². The lowest BCUT2D eigenvalue weighted by molar-refractivity contribution is -0.116. The molecule has 1 aliphatic rings. The van der Waals surface area contributed by atoms with Crippen molar-refractivity contribution in [1.82, 2.24) is 5.32 Å². The highest BCUT2D eigenvalue weighted by atomic mass is 35.5. The zero-order chi connectivity index (χ0) is 22.5. The number of fused-ring (bicyclic) bond motifs is 1. The van der Waals surface area contributed by atoms with Crippen molar-refractivity contribution in [2.45, 2.75) is 18.3 Å². The van der Waals surface area contributed by atoms with Gasteiger partial charge in [-0.3, -0.25) is 9.59 Å². The zero-order valence-electron chi connectivity index (χ0n) is 17.0. The fourth-order valence-electron chi connectivity index (χ4n) is 3.27. The van der Waals surface area contributed by atoms with Crippen LogP contribution in [-0.4, -0.2) is 23.6 Å². The van der Waals surface area contributed by atoms with Crippen LogP contribution in [-0.2, 0) is 17.1 Å². The summed E-state index contributed by atoms with van der Waals surface area (Å²) < 4.78 is 13.0. The number of halogens is 2. The van der Waals surface area contributed by atoms with Gasteiger partial charge in [0.05, 0.1) is 11.4 Å². The Morgan fingerprint density at radius 3 is 2.47 bits per heavy atom. The number of carbonyl (C=O) groups is 2. The van der Waals surface area contributed by atoms with Gasteiger partial charge in [0.15, 0.2) is 0 Å². The Balaban J connectivity index is 1.32. The molecular weight excluding hydrogens is 449 g/mol. The second-order valence-corrected chi connectivity index (χ2v) is 8.86. The van der Waals surface area contributed by atoms with Crippen LogP contribution in [0.2, 0.25) is 5.02 Å². The number of thioether (sulfide) groups is 1. The van der Waals surface area contributed by atoms with Gasteiger partial charge in [-0.2, -0.15) is 11.8 Å². The molecule has 3 N–H and O–H groups in total. The van der Waals surface area contributed by atoms with Gasteiger partial charge in [0.25, 0.3) is 5.91 Å². The second-order valence-electron chi connectivity index (χ2n) is 7.40. The second kappa shape index (κ2) is 10.1. The number of anilines is 2. The van der Waals surface area contributed by atoms with E-state index >= 15 is 0 Å². The number of amides is 2. The fourth-order valence-corrected chi connectivity index (χ4v) is 4.41. The van der Waals surface area contributed by atoms with E-state index in [1.807, 2.05) is 12.1 Å². The molecular formula is C24H21ClFN3O2S. The topological polar surface area (TPSA) is 70.2 Å². The predicted octanol–water partition coefficient (Wildman–Crippen LogP) is 5.08. The van der Waals surface area contributed by atoms with E-state index in [1.165, 1.54) is 12.1 Å². The van der Waals surface area contributed by atoms with Crippen molar-refractivity contribution in [3.8, 4) is 0 Å². The number of benzene rings is 3. The fraction of sp³-hybridized carbons (Fsp3) is 0.167. The minimum atomic E-state index is -0.391. The molecule has 2 amide bonds. The van der Waals surface area contributed by atoms with E-state index in [4.69, 9.17) is 11.6 Å². The van der Waals surface area contributed by atoms with Crippen LogP contribution in [0.15, 0.2) is 66.7 Å². The van der Waals surface area contributed by atoms with Gasteiger partial charge in [-0.15, -0.1) is 0 Å². The van der Waals surface area contributed by atoms with E-state index in [0.29, 0.717) is 34.3 Å². The number of carbonyl (C=O) groups excluding carboxylic acids is 2. The summed E-state index contributed by atoms with van der Waals surface area (Å²) in [7, 11) is 0. The molecule has 5 nitrogen and oxygen atoms in total. The van der Waals surface area contributed by atoms with Crippen LogP contribution in [0.1, 0.15) is 21.5 Å². The van der Waals surface area contributed by atoms with Gasteiger partial charge < -0.3 is 16.0 Å². The molecule has 0 radical (unpaired) electrons. The number of rotatable bonds is 7. The first kappa shape index (κ1) is 22.2. The summed E-state index contributed by atoms with van der Waals surface area (Å²) in [6.45, 7) is 0.380. The molecule has 3 aromatic rings. The van der Waals surface area contributed by atoms with Gasteiger partial charge in [-0.25, -0.2) is 4.39 Å². The molecule has 1 heterocycles. The molecule has 1 atom stereocenters. The predicted molar refractivity (Wildman–Crippen MR) is 128 cm³/mol. The SMILES string of the molecule is O=C(NCc1ccc(Cl)cc1)c1ccc2c(c1)NC(=O)C(CSCc1ccc(F)cc1)N2. The van der Waals surface area contributed by atoms with Crippen LogP contribution >= 0.6 is 23.4 Å². The molecule has 0 spiro atoms. The maximum atomic E-state index is 13.0. The highest BCUT2D eigenvalue weighted by molar-refractivity contribution is 7.98. The normalized spacial score (nSPS) is 14.8. The summed E-state index contributed by atoms with van der Waals surface area (Å²) in [5, 5.41) is 9.63. The van der Waals surface area contributed by atoms with Crippen LogP contribution < -0.4 is 16.0 Å². The zero-order valence-corrected chi connectivity index (χ0v) is 18.6. The Labute approximate surface area is 194 Å². The molecule has 1 aliphatic heterocycles. The Morgan fingerprint density at radius 2 is 1.72 bits per heavy atom. The van der Waals surface area contributed by atoms with Crippen molar-refractivity contribution in [2.24, 2.45) is 0 Å². The first-order chi connectivity index (χ1) is 15.5. The highest BCUT2D eigenvalue weighted by Gasteiger charge is 2.26. The van der Waals surface area contributed by atoms with Crippen molar-refractivity contribution >= 4 is 46.6 Å². The largest absolute Gasteiger partial charge is 0.371 e. The van der Waals surface area contributed by atoms with E-state index in [-0.39, 0.29) is 17.6 Å². The van der Waals surface area contributed by atoms with Crippen molar-refractivity contribution in [3.63, 3.8) is 0 Å². The Hall–Kier alpha value is -3.03. The molecule has 0 saturated carbocycles. The molecule has 32 heavy (non-hydrogen) atoms. The van der Waals surface area contributed by atoms with E-state index in [9.17, 15) is 14.0 Å². The molecule has 0 bridgehead atoms. The minimum absolute atomic E-state index is 0.150. The average Bonchev–Trinajstić information content (AvgIpc) is 2.80. The van der Waals surface area contributed by atoms with E-state index in [1.54, 1.807) is 54.2 Å². The third-order valence-electron chi connectivity index (χ3n) is 5.02. The molecule has 3 aromatic carbocycles. The standard InChI is InChI=1S/C24H21ClFN3O2S/c25-18-6-1-15(2-7-18)12-27-23(30)17-5-10-20-21(11-17)29-24(31)22(28-20)14-32-13-16-3-8-19(26)9-4-16/h1-11,22,28H,12-14H2,(H,27,30)(H,29,31). The number of nitrogens with one attached hydrogen (secondary N) is 3. The van der Waals surface area contributed by atoms with Gasteiger partial charge in [-0.1, -0.05) is 35.9 Å². The quantitative estimate of drug-likeness (QED) is 0.451. The van der Waals surface area contributed by atoms with Crippen molar-refractivity contribution in [2.75, 3.05) is 16.4 Å². The summed E-state index contributed by atoms with van der Waals surface area (Å²) in [5.41, 5.74) is 3.75. The van der Waals surface area contributed by atoms with Crippen molar-refractivity contribution in [3.05, 3.63) is 94.3 Å². The first-order valence-electron chi connectivity index (χ1n) is 10.0. The maximum absolute atomic E-state index is 13.0. The molecule has 8 heteroatoms. The Morgan fingerprint density at radius 1 is 1.00 bits per heavy atom. The molecule has 0 saturated heterocycles. The average molecular weight is 470 g/mol. The van der Waals surface area contributed by atoms with Crippen LogP contribution in [0.5, 0.6) is 0 Å². The molecule has 0 aliphatic carbocycles. The molecule has 0 aromatic heterocycles. The van der Waals surface area contributed by atoms with Crippen molar-refractivity contribution in [1.29, 1.82) is 0 Å². The third kappa shape index (κ3) is 5.60. The van der Waals surface area contributed by atoms with Crippen LogP contribution in [0.25, 0.3) is 0 Å². The summed E-state index contributed by atoms with van der Waals surface area (Å²) >= 11 is 7.47. The number of hydrogen-bond acceptors (Lipinski definition) is 4. The van der Waals surface area contributed by atoms with Gasteiger partial charge in [-0.05, 0) is 53.6 Å². The lowest BCUT2D eigenvalue weighted by Crippen LogP contribution is -2.40. The van der Waals surface area contributed by atoms with Crippen LogP contribution in [0, 0.1) is 5.82 Å². The lowest BCUT2D eigenvalue weighted by atomic mass is 10.1. The van der Waals surface area contributed by atoms with Crippen molar-refractivity contribution < 1.29 is 14.0 Å². The monoisotopic (exact) mass is 469 g/mol. The third-order valence-corrected chi connectivity index (χ3v) is 6.38. The van der Waals surface area contributed by atoms with Gasteiger partial charge >= 0.3 is 0 Å². The minimum Gasteiger partial charge on any atom is -0.371 e. The van der Waals surface area contributed by atoms with E-state index < -0.39 is 6.04 Å². The molecule has 0 fully saturated rings. The lowest BCUT2D eigenvalue weighted by Gasteiger charge is -2.27. The Kier molecular flexibility index (Phi) is 6.97. The van der Waals surface area contributed by atoms with E-state index in [0.717, 1.165) is 16.8 Å².